The van der Waals surface area contributed by atoms with E-state index in [-0.39, 0.29) is 34.8 Å². The number of benzene rings is 1. The van der Waals surface area contributed by atoms with E-state index in [2.05, 4.69) is 0 Å². The van der Waals surface area contributed by atoms with Crippen molar-refractivity contribution in [1.29, 1.82) is 0 Å². The van der Waals surface area contributed by atoms with E-state index >= 15 is 0 Å². The summed E-state index contributed by atoms with van der Waals surface area (Å²) in [6, 6.07) is 1.77. The maximum Gasteiger partial charge on any atom is 0.244 e. The molecule has 1 aromatic rings. The van der Waals surface area contributed by atoms with Crippen LogP contribution in [0.5, 0.6) is 0 Å². The van der Waals surface area contributed by atoms with Crippen LogP contribution in [0.3, 0.4) is 0 Å². The lowest BCUT2D eigenvalue weighted by atomic mass is 9.93. The topological polar surface area (TPSA) is 83.6 Å². The van der Waals surface area contributed by atoms with Gasteiger partial charge in [-0.1, -0.05) is 18.0 Å². The fourth-order valence-electron chi connectivity index (χ4n) is 2.14. The van der Waals surface area contributed by atoms with Crippen molar-refractivity contribution >= 4 is 27.3 Å². The number of halogens is 2. The molecule has 1 fully saturated rings. The van der Waals surface area contributed by atoms with Gasteiger partial charge in [0.1, 0.15) is 10.7 Å². The van der Waals surface area contributed by atoms with Crippen molar-refractivity contribution < 1.29 is 17.9 Å². The van der Waals surface area contributed by atoms with Crippen molar-refractivity contribution in [3.8, 4) is 0 Å². The quantitative estimate of drug-likeness (QED) is 0.806. The third kappa shape index (κ3) is 2.76. The van der Waals surface area contributed by atoms with E-state index in [4.69, 9.17) is 22.4 Å². The van der Waals surface area contributed by atoms with E-state index in [9.17, 15) is 12.8 Å². The first-order valence-corrected chi connectivity index (χ1v) is 8.07. The summed E-state index contributed by atoms with van der Waals surface area (Å²) in [6.45, 7) is -0.301. The average Bonchev–Trinajstić information content (AvgIpc) is 2.30. The zero-order valence-corrected chi connectivity index (χ0v) is 12.3. The van der Waals surface area contributed by atoms with Crippen LogP contribution in [0.4, 0.5) is 10.1 Å². The Morgan fingerprint density at radius 1 is 1.45 bits per heavy atom. The minimum atomic E-state index is -3.90. The van der Waals surface area contributed by atoms with E-state index in [0.717, 1.165) is 31.4 Å². The van der Waals surface area contributed by atoms with Gasteiger partial charge in [0.05, 0.1) is 17.3 Å². The summed E-state index contributed by atoms with van der Waals surface area (Å²) >= 11 is 5.83. The fourth-order valence-corrected chi connectivity index (χ4v) is 4.34. The standard InChI is InChI=1S/C12H16ClFN2O3S/c13-9-6-10(14)11(15)7-12(9)20(18,19)16(4-5-17)8-2-1-3-8/h6-8,17H,1-5,15H2. The Morgan fingerprint density at radius 2 is 2.10 bits per heavy atom. The molecule has 0 aromatic heterocycles. The molecule has 5 nitrogen and oxygen atoms in total. The number of hydrogen-bond acceptors (Lipinski definition) is 4. The smallest absolute Gasteiger partial charge is 0.244 e. The van der Waals surface area contributed by atoms with Crippen molar-refractivity contribution in [3.63, 3.8) is 0 Å². The third-order valence-corrected chi connectivity index (χ3v) is 5.86. The Hall–Kier alpha value is -0.890. The number of anilines is 1. The van der Waals surface area contributed by atoms with Gasteiger partial charge in [-0.05, 0) is 25.0 Å². The lowest BCUT2D eigenvalue weighted by molar-refractivity contribution is 0.178. The molecule has 0 unspecified atom stereocenters. The summed E-state index contributed by atoms with van der Waals surface area (Å²) in [5.74, 6) is -0.758. The van der Waals surface area contributed by atoms with Crippen LogP contribution in [0.15, 0.2) is 17.0 Å². The minimum absolute atomic E-state index is 0.0133. The highest BCUT2D eigenvalue weighted by molar-refractivity contribution is 7.89. The van der Waals surface area contributed by atoms with Crippen molar-refractivity contribution in [2.24, 2.45) is 0 Å². The number of nitrogens with two attached hydrogens (primary N) is 1. The van der Waals surface area contributed by atoms with E-state index in [0.29, 0.717) is 0 Å². The van der Waals surface area contributed by atoms with Crippen LogP contribution in [0.1, 0.15) is 19.3 Å². The molecule has 1 aliphatic rings. The SMILES string of the molecule is Nc1cc(S(=O)(=O)N(CCO)C2CCC2)c(Cl)cc1F. The van der Waals surface area contributed by atoms with Gasteiger partial charge < -0.3 is 10.8 Å². The number of aliphatic hydroxyl groups is 1. The van der Waals surface area contributed by atoms with Crippen LogP contribution in [-0.2, 0) is 10.0 Å². The average molecular weight is 323 g/mol. The van der Waals surface area contributed by atoms with Crippen LogP contribution in [0.25, 0.3) is 0 Å². The second kappa shape index (κ2) is 5.85. The van der Waals surface area contributed by atoms with Crippen LogP contribution < -0.4 is 5.73 Å². The maximum absolute atomic E-state index is 13.3. The first-order chi connectivity index (χ1) is 9.37. The first-order valence-electron chi connectivity index (χ1n) is 6.25. The summed E-state index contributed by atoms with van der Waals surface area (Å²) in [4.78, 5) is -0.224. The summed E-state index contributed by atoms with van der Waals surface area (Å²) < 4.78 is 39.7. The number of rotatable bonds is 5. The van der Waals surface area contributed by atoms with Gasteiger partial charge in [0.2, 0.25) is 10.0 Å². The molecule has 0 aliphatic heterocycles. The normalized spacial score (nSPS) is 16.4. The molecule has 1 aromatic carbocycles. The molecule has 0 saturated heterocycles. The largest absolute Gasteiger partial charge is 0.396 e. The minimum Gasteiger partial charge on any atom is -0.396 e. The first kappa shape index (κ1) is 15.5. The van der Waals surface area contributed by atoms with Crippen LogP contribution in [0, 0.1) is 5.82 Å². The molecule has 0 amide bonds. The Labute approximate surface area is 122 Å². The van der Waals surface area contributed by atoms with Gasteiger partial charge >= 0.3 is 0 Å². The number of sulfonamides is 1. The van der Waals surface area contributed by atoms with Crippen molar-refractivity contribution in [2.75, 3.05) is 18.9 Å². The summed E-state index contributed by atoms with van der Waals surface area (Å²) in [7, 11) is -3.90. The molecule has 3 N–H and O–H groups in total. The molecule has 8 heteroatoms. The Kier molecular flexibility index (Phi) is 4.53. The van der Waals surface area contributed by atoms with Gasteiger partial charge in [0, 0.05) is 12.6 Å². The van der Waals surface area contributed by atoms with Crippen LogP contribution in [-0.4, -0.2) is 37.0 Å². The van der Waals surface area contributed by atoms with Gasteiger partial charge in [-0.15, -0.1) is 0 Å². The van der Waals surface area contributed by atoms with Gasteiger partial charge in [0.25, 0.3) is 0 Å². The molecule has 1 saturated carbocycles. The van der Waals surface area contributed by atoms with Crippen molar-refractivity contribution in [2.45, 2.75) is 30.2 Å². The van der Waals surface area contributed by atoms with E-state index in [1.807, 2.05) is 0 Å². The molecular formula is C12H16ClFN2O3S. The molecule has 2 rings (SSSR count). The van der Waals surface area contributed by atoms with E-state index < -0.39 is 15.8 Å². The number of aliphatic hydroxyl groups excluding tert-OH is 1. The lowest BCUT2D eigenvalue weighted by Gasteiger charge is -2.36. The number of nitrogens with zero attached hydrogens (tertiary/aromatic N) is 1. The predicted molar refractivity (Wildman–Crippen MR) is 74.4 cm³/mol. The molecule has 0 radical (unpaired) electrons. The monoisotopic (exact) mass is 322 g/mol. The highest BCUT2D eigenvalue weighted by atomic mass is 35.5. The summed E-state index contributed by atoms with van der Waals surface area (Å²) in [5.41, 5.74) is 5.14. The summed E-state index contributed by atoms with van der Waals surface area (Å²) in [6.07, 6.45) is 2.43. The molecule has 112 valence electrons. The molecule has 0 atom stereocenters. The maximum atomic E-state index is 13.3. The molecular weight excluding hydrogens is 307 g/mol. The van der Waals surface area contributed by atoms with Crippen LogP contribution in [0.2, 0.25) is 5.02 Å². The Balaban J connectivity index is 2.44. The second-order valence-electron chi connectivity index (χ2n) is 4.73. The zero-order valence-electron chi connectivity index (χ0n) is 10.7. The van der Waals surface area contributed by atoms with Crippen molar-refractivity contribution in [1.82, 2.24) is 4.31 Å². The van der Waals surface area contributed by atoms with Gasteiger partial charge in [-0.3, -0.25) is 0 Å². The lowest BCUT2D eigenvalue weighted by Crippen LogP contribution is -2.45. The highest BCUT2D eigenvalue weighted by Gasteiger charge is 2.35. The third-order valence-electron chi connectivity index (χ3n) is 3.44. The molecule has 1 aliphatic carbocycles. The van der Waals surface area contributed by atoms with E-state index in [1.54, 1.807) is 0 Å². The van der Waals surface area contributed by atoms with E-state index in [1.165, 1.54) is 4.31 Å². The van der Waals surface area contributed by atoms with Gasteiger partial charge in [-0.2, -0.15) is 4.31 Å². The van der Waals surface area contributed by atoms with Gasteiger partial charge in [0.15, 0.2) is 0 Å². The number of nitrogen functional groups attached to an aromatic ring is 1. The second-order valence-corrected chi connectivity index (χ2v) is 6.99. The zero-order chi connectivity index (χ0) is 14.9. The Bertz CT molecular complexity index is 605. The number of hydrogen-bond donors (Lipinski definition) is 2. The van der Waals surface area contributed by atoms with Crippen LogP contribution >= 0.6 is 11.6 Å². The summed E-state index contributed by atoms with van der Waals surface area (Å²) in [5, 5.41) is 8.85. The molecule has 0 spiro atoms. The predicted octanol–water partition coefficient (Wildman–Crippen LogP) is 1.60. The fraction of sp³-hybridized carbons (Fsp3) is 0.500. The Morgan fingerprint density at radius 3 is 2.60 bits per heavy atom. The molecule has 20 heavy (non-hydrogen) atoms. The van der Waals surface area contributed by atoms with Gasteiger partial charge in [-0.25, -0.2) is 12.8 Å². The highest BCUT2D eigenvalue weighted by Crippen LogP contribution is 2.33. The molecule has 0 heterocycles. The molecule has 0 bridgehead atoms. The van der Waals surface area contributed by atoms with Crippen molar-refractivity contribution in [3.05, 3.63) is 23.0 Å².